The molecular formula is C8H13NS. The van der Waals surface area contributed by atoms with Crippen LogP contribution in [-0.4, -0.2) is 5.49 Å². The van der Waals surface area contributed by atoms with Gasteiger partial charge in [-0.3, -0.25) is 0 Å². The predicted molar refractivity (Wildman–Crippen MR) is 50.0 cm³/mol. The third-order valence-corrected chi connectivity index (χ3v) is 1.19. The summed E-state index contributed by atoms with van der Waals surface area (Å²) in [4.78, 5) is 0. The fourth-order valence-electron chi connectivity index (χ4n) is 0.541. The fourth-order valence-corrected chi connectivity index (χ4v) is 0.677. The molecule has 0 radical (unpaired) electrons. The van der Waals surface area contributed by atoms with Crippen molar-refractivity contribution in [2.45, 2.75) is 20.3 Å². The molecule has 10 heavy (non-hydrogen) atoms. The van der Waals surface area contributed by atoms with Gasteiger partial charge in [0, 0.05) is 5.70 Å². The summed E-state index contributed by atoms with van der Waals surface area (Å²) in [6.45, 7) is 4.07. The van der Waals surface area contributed by atoms with Crippen LogP contribution in [-0.2, 0) is 0 Å². The van der Waals surface area contributed by atoms with Crippen molar-refractivity contribution in [3.05, 3.63) is 23.9 Å². The number of nitrogens with one attached hydrogen (secondary N) is 1. The number of allylic oxidation sites excluding steroid dienone is 3. The molecule has 0 aliphatic rings. The van der Waals surface area contributed by atoms with E-state index in [4.69, 9.17) is 0 Å². The van der Waals surface area contributed by atoms with Crippen LogP contribution < -0.4 is 5.32 Å². The molecule has 1 N–H and O–H groups in total. The second-order valence-electron chi connectivity index (χ2n) is 1.82. The maximum absolute atomic E-state index is 4.63. The molecule has 0 aliphatic heterocycles. The molecule has 0 saturated carbocycles. The second kappa shape index (κ2) is 6.49. The van der Waals surface area contributed by atoms with Gasteiger partial charge in [-0.15, -0.1) is 0 Å². The van der Waals surface area contributed by atoms with Gasteiger partial charge in [-0.1, -0.05) is 31.3 Å². The van der Waals surface area contributed by atoms with E-state index >= 15 is 0 Å². The average Bonchev–Trinajstić information content (AvgIpc) is 1.98. The molecule has 0 saturated heterocycles. The number of hydrogen-bond donors (Lipinski definition) is 1. The molecule has 0 rings (SSSR count). The van der Waals surface area contributed by atoms with E-state index in [-0.39, 0.29) is 0 Å². The predicted octanol–water partition coefficient (Wildman–Crippen LogP) is 2.40. The van der Waals surface area contributed by atoms with Gasteiger partial charge in [-0.25, -0.2) is 0 Å². The summed E-state index contributed by atoms with van der Waals surface area (Å²) >= 11 is 4.63. The Balaban J connectivity index is 3.84. The van der Waals surface area contributed by atoms with Crippen molar-refractivity contribution in [1.82, 2.24) is 5.32 Å². The van der Waals surface area contributed by atoms with Crippen molar-refractivity contribution >= 4 is 17.7 Å². The van der Waals surface area contributed by atoms with E-state index < -0.39 is 0 Å². The molecule has 0 aromatic carbocycles. The lowest BCUT2D eigenvalue weighted by atomic mass is 10.3. The Labute approximate surface area is 67.8 Å². The molecule has 2 heteroatoms. The maximum Gasteiger partial charge on any atom is 0.0658 e. The molecule has 0 spiro atoms. The van der Waals surface area contributed by atoms with Gasteiger partial charge in [-0.05, 0) is 19.4 Å². The van der Waals surface area contributed by atoms with Gasteiger partial charge in [-0.2, -0.15) is 0 Å². The van der Waals surface area contributed by atoms with Gasteiger partial charge < -0.3 is 5.32 Å². The second-order valence-corrected chi connectivity index (χ2v) is 2.05. The highest BCUT2D eigenvalue weighted by atomic mass is 32.1. The Kier molecular flexibility index (Phi) is 6.08. The molecule has 0 aromatic heterocycles. The first-order valence-electron chi connectivity index (χ1n) is 3.38. The Morgan fingerprint density at radius 3 is 2.70 bits per heavy atom. The standard InChI is InChI=1S/C8H13NS/c1-3-5-6-8(4-2)9-7-10/h4-7H,3H2,1-2H3,(H,9,10)/b6-5-,8-4+. The Morgan fingerprint density at radius 2 is 2.30 bits per heavy atom. The molecule has 0 aliphatic carbocycles. The van der Waals surface area contributed by atoms with E-state index in [0.29, 0.717) is 0 Å². The summed E-state index contributed by atoms with van der Waals surface area (Å²) in [5.41, 5.74) is 2.56. The van der Waals surface area contributed by atoms with E-state index in [0.717, 1.165) is 12.1 Å². The van der Waals surface area contributed by atoms with Crippen LogP contribution in [0.5, 0.6) is 0 Å². The van der Waals surface area contributed by atoms with Gasteiger partial charge in [0.1, 0.15) is 0 Å². The van der Waals surface area contributed by atoms with E-state index in [9.17, 15) is 0 Å². The van der Waals surface area contributed by atoms with Crippen molar-refractivity contribution < 1.29 is 0 Å². The van der Waals surface area contributed by atoms with Gasteiger partial charge in [0.05, 0.1) is 5.49 Å². The van der Waals surface area contributed by atoms with Crippen molar-refractivity contribution in [2.24, 2.45) is 0 Å². The minimum atomic E-state index is 1.05. The van der Waals surface area contributed by atoms with Crippen LogP contribution in [0, 0.1) is 0 Å². The minimum Gasteiger partial charge on any atom is -0.353 e. The highest BCUT2D eigenvalue weighted by molar-refractivity contribution is 7.78. The zero-order chi connectivity index (χ0) is 7.82. The zero-order valence-corrected chi connectivity index (χ0v) is 7.24. The van der Waals surface area contributed by atoms with Crippen LogP contribution in [0.2, 0.25) is 0 Å². The van der Waals surface area contributed by atoms with E-state index in [1.165, 1.54) is 5.49 Å². The van der Waals surface area contributed by atoms with E-state index in [1.807, 2.05) is 19.1 Å². The van der Waals surface area contributed by atoms with Crippen LogP contribution >= 0.6 is 12.2 Å². The van der Waals surface area contributed by atoms with Crippen molar-refractivity contribution in [1.29, 1.82) is 0 Å². The van der Waals surface area contributed by atoms with Crippen LogP contribution in [0.25, 0.3) is 0 Å². The van der Waals surface area contributed by atoms with Crippen molar-refractivity contribution in [2.75, 3.05) is 0 Å². The molecule has 0 aromatic rings. The maximum atomic E-state index is 4.63. The van der Waals surface area contributed by atoms with E-state index in [1.54, 1.807) is 0 Å². The quantitative estimate of drug-likeness (QED) is 0.494. The number of hydrogen-bond acceptors (Lipinski definition) is 1. The fraction of sp³-hybridized carbons (Fsp3) is 0.375. The lowest BCUT2D eigenvalue weighted by molar-refractivity contribution is 1.17. The Bertz CT molecular complexity index is 147. The third kappa shape index (κ3) is 4.27. The number of rotatable bonds is 4. The molecule has 0 amide bonds. The first-order chi connectivity index (χ1) is 4.85. The van der Waals surface area contributed by atoms with Gasteiger partial charge in [0.2, 0.25) is 0 Å². The Morgan fingerprint density at radius 1 is 1.60 bits per heavy atom. The highest BCUT2D eigenvalue weighted by Gasteiger charge is 1.81. The molecule has 1 nitrogen and oxygen atoms in total. The van der Waals surface area contributed by atoms with Crippen LogP contribution in [0.1, 0.15) is 20.3 Å². The normalized spacial score (nSPS) is 12.0. The minimum absolute atomic E-state index is 1.05. The first kappa shape index (κ1) is 9.37. The zero-order valence-electron chi connectivity index (χ0n) is 6.42. The lowest BCUT2D eigenvalue weighted by Gasteiger charge is -1.96. The van der Waals surface area contributed by atoms with Crippen molar-refractivity contribution in [3.63, 3.8) is 0 Å². The average molecular weight is 155 g/mol. The monoisotopic (exact) mass is 155 g/mol. The van der Waals surface area contributed by atoms with Gasteiger partial charge in [0.15, 0.2) is 0 Å². The largest absolute Gasteiger partial charge is 0.353 e. The molecular weight excluding hydrogens is 142 g/mol. The third-order valence-electron chi connectivity index (χ3n) is 1.07. The van der Waals surface area contributed by atoms with Crippen LogP contribution in [0.4, 0.5) is 0 Å². The van der Waals surface area contributed by atoms with Gasteiger partial charge >= 0.3 is 0 Å². The smallest absolute Gasteiger partial charge is 0.0658 e. The summed E-state index contributed by atoms with van der Waals surface area (Å²) in [5.74, 6) is 0. The molecule has 0 bridgehead atoms. The molecule has 56 valence electrons. The molecule has 0 heterocycles. The number of thiocarbonyl (C=S) groups is 1. The summed E-state index contributed by atoms with van der Waals surface area (Å²) < 4.78 is 0. The van der Waals surface area contributed by atoms with Gasteiger partial charge in [0.25, 0.3) is 0 Å². The van der Waals surface area contributed by atoms with Crippen LogP contribution in [0.15, 0.2) is 23.9 Å². The van der Waals surface area contributed by atoms with E-state index in [2.05, 4.69) is 30.5 Å². The molecule has 0 fully saturated rings. The van der Waals surface area contributed by atoms with Crippen molar-refractivity contribution in [3.8, 4) is 0 Å². The molecule has 0 unspecified atom stereocenters. The first-order valence-corrected chi connectivity index (χ1v) is 3.85. The summed E-state index contributed by atoms with van der Waals surface area (Å²) in [6, 6.07) is 0. The highest BCUT2D eigenvalue weighted by Crippen LogP contribution is 1.91. The summed E-state index contributed by atoms with van der Waals surface area (Å²) in [5, 5.41) is 2.93. The topological polar surface area (TPSA) is 12.0 Å². The van der Waals surface area contributed by atoms with Crippen LogP contribution in [0.3, 0.4) is 0 Å². The lowest BCUT2D eigenvalue weighted by Crippen LogP contribution is -2.05. The summed E-state index contributed by atoms with van der Waals surface area (Å²) in [7, 11) is 0. The molecule has 0 atom stereocenters. The SMILES string of the molecule is C/C=C(\C=C/CC)NC=S. The summed E-state index contributed by atoms with van der Waals surface area (Å²) in [6.07, 6.45) is 7.13. The Hall–Kier alpha value is -0.630.